The van der Waals surface area contributed by atoms with E-state index in [1.54, 1.807) is 4.88 Å². The molecule has 1 aromatic rings. The van der Waals surface area contributed by atoms with Gasteiger partial charge in [-0.2, -0.15) is 0 Å². The van der Waals surface area contributed by atoms with E-state index in [2.05, 4.69) is 31.3 Å². The first-order chi connectivity index (χ1) is 9.74. The third-order valence-electron chi connectivity index (χ3n) is 4.87. The van der Waals surface area contributed by atoms with Gasteiger partial charge in [0.15, 0.2) is 0 Å². The Hall–Kier alpha value is -0.340. The molecule has 1 nitrogen and oxygen atoms in total. The van der Waals surface area contributed by atoms with E-state index in [1.807, 2.05) is 11.3 Å². The summed E-state index contributed by atoms with van der Waals surface area (Å²) in [6.07, 6.45) is 12.6. The molecule has 1 saturated carbocycles. The van der Waals surface area contributed by atoms with Gasteiger partial charge in [-0.1, -0.05) is 26.2 Å². The Bertz CT molecular complexity index is 377. The van der Waals surface area contributed by atoms with Gasteiger partial charge in [0, 0.05) is 9.75 Å². The molecule has 1 fully saturated rings. The maximum Gasteiger partial charge on any atom is 0.00482 e. The van der Waals surface area contributed by atoms with E-state index in [0.29, 0.717) is 5.41 Å². The summed E-state index contributed by atoms with van der Waals surface area (Å²) in [7, 11) is 0. The minimum absolute atomic E-state index is 0.636. The van der Waals surface area contributed by atoms with E-state index in [4.69, 9.17) is 0 Å². The molecule has 1 aromatic heterocycles. The van der Waals surface area contributed by atoms with Crippen molar-refractivity contribution in [3.05, 3.63) is 21.9 Å². The molecule has 0 aliphatic heterocycles. The summed E-state index contributed by atoms with van der Waals surface area (Å²) in [5, 5.41) is 3.61. The van der Waals surface area contributed by atoms with Crippen molar-refractivity contribution in [2.45, 2.75) is 71.6 Å². The second-order valence-electron chi connectivity index (χ2n) is 6.57. The number of nitrogens with one attached hydrogen (secondary N) is 1. The molecule has 20 heavy (non-hydrogen) atoms. The van der Waals surface area contributed by atoms with Crippen molar-refractivity contribution in [1.82, 2.24) is 5.32 Å². The molecule has 0 saturated heterocycles. The fourth-order valence-corrected chi connectivity index (χ4v) is 4.48. The van der Waals surface area contributed by atoms with Crippen molar-refractivity contribution >= 4 is 11.3 Å². The second-order valence-corrected chi connectivity index (χ2v) is 7.95. The Kier molecular flexibility index (Phi) is 6.57. The quantitative estimate of drug-likeness (QED) is 0.639. The highest BCUT2D eigenvalue weighted by molar-refractivity contribution is 7.11. The van der Waals surface area contributed by atoms with E-state index in [-0.39, 0.29) is 0 Å². The molecule has 2 heteroatoms. The van der Waals surface area contributed by atoms with Gasteiger partial charge < -0.3 is 5.32 Å². The molecule has 1 N–H and O–H groups in total. The number of thiophene rings is 1. The molecular weight excluding hydrogens is 262 g/mol. The number of rotatable bonds is 8. The summed E-state index contributed by atoms with van der Waals surface area (Å²) in [5.74, 6) is 0. The van der Waals surface area contributed by atoms with E-state index in [0.717, 1.165) is 0 Å². The first-order valence-electron chi connectivity index (χ1n) is 8.50. The number of hydrogen-bond acceptors (Lipinski definition) is 2. The fourth-order valence-electron chi connectivity index (χ4n) is 3.59. The number of hydrogen-bond donors (Lipinski definition) is 1. The standard InChI is InChI=1S/C18H31NS/c1-3-14-19-15-13-18(10-5-4-6-11-18)12-9-17-8-7-16(2)20-17/h7-8,19H,3-6,9-15H2,1-2H3. The predicted octanol–water partition coefficient (Wildman–Crippen LogP) is 5.33. The molecule has 0 bridgehead atoms. The molecule has 0 radical (unpaired) electrons. The highest BCUT2D eigenvalue weighted by Gasteiger charge is 2.31. The molecule has 1 aliphatic rings. The van der Waals surface area contributed by atoms with Crippen molar-refractivity contribution in [3.63, 3.8) is 0 Å². The lowest BCUT2D eigenvalue weighted by atomic mass is 9.69. The Balaban J connectivity index is 1.85. The van der Waals surface area contributed by atoms with Gasteiger partial charge in [-0.25, -0.2) is 0 Å². The monoisotopic (exact) mass is 293 g/mol. The van der Waals surface area contributed by atoms with Crippen LogP contribution in [0.4, 0.5) is 0 Å². The number of aryl methyl sites for hydroxylation is 2. The predicted molar refractivity (Wildman–Crippen MR) is 90.7 cm³/mol. The van der Waals surface area contributed by atoms with Crippen LogP contribution >= 0.6 is 11.3 Å². The van der Waals surface area contributed by atoms with Gasteiger partial charge in [0.05, 0.1) is 0 Å². The van der Waals surface area contributed by atoms with Gasteiger partial charge in [-0.15, -0.1) is 11.3 Å². The molecule has 2 rings (SSSR count). The van der Waals surface area contributed by atoms with Crippen LogP contribution in [-0.4, -0.2) is 13.1 Å². The minimum Gasteiger partial charge on any atom is -0.317 e. The SMILES string of the molecule is CCCNCCC1(CCc2ccc(C)s2)CCCCC1. The first kappa shape index (κ1) is 16.0. The fraction of sp³-hybridized carbons (Fsp3) is 0.778. The highest BCUT2D eigenvalue weighted by Crippen LogP contribution is 2.43. The molecule has 0 unspecified atom stereocenters. The zero-order valence-corrected chi connectivity index (χ0v) is 14.2. The van der Waals surface area contributed by atoms with Crippen molar-refractivity contribution in [1.29, 1.82) is 0 Å². The summed E-state index contributed by atoms with van der Waals surface area (Å²) in [4.78, 5) is 3.05. The average molecular weight is 294 g/mol. The van der Waals surface area contributed by atoms with Crippen molar-refractivity contribution in [3.8, 4) is 0 Å². The minimum atomic E-state index is 0.636. The van der Waals surface area contributed by atoms with Crippen LogP contribution in [0.15, 0.2) is 12.1 Å². The Labute approximate surface area is 129 Å². The van der Waals surface area contributed by atoms with Crippen LogP contribution in [0.2, 0.25) is 0 Å². The van der Waals surface area contributed by atoms with Gasteiger partial charge >= 0.3 is 0 Å². The van der Waals surface area contributed by atoms with Crippen LogP contribution in [-0.2, 0) is 6.42 Å². The zero-order valence-electron chi connectivity index (χ0n) is 13.3. The van der Waals surface area contributed by atoms with E-state index in [1.165, 1.54) is 75.8 Å². The maximum absolute atomic E-state index is 3.61. The van der Waals surface area contributed by atoms with Crippen LogP contribution in [0.25, 0.3) is 0 Å². The Morgan fingerprint density at radius 3 is 2.55 bits per heavy atom. The van der Waals surface area contributed by atoms with Crippen molar-refractivity contribution in [2.75, 3.05) is 13.1 Å². The van der Waals surface area contributed by atoms with Crippen LogP contribution < -0.4 is 5.32 Å². The molecular formula is C18H31NS. The second kappa shape index (κ2) is 8.19. The summed E-state index contributed by atoms with van der Waals surface area (Å²) in [5.41, 5.74) is 0.636. The molecule has 1 heterocycles. The largest absolute Gasteiger partial charge is 0.317 e. The highest BCUT2D eigenvalue weighted by atomic mass is 32.1. The summed E-state index contributed by atoms with van der Waals surface area (Å²) >= 11 is 1.99. The molecule has 1 aliphatic carbocycles. The van der Waals surface area contributed by atoms with Crippen LogP contribution in [0, 0.1) is 12.3 Å². The third-order valence-corrected chi connectivity index (χ3v) is 5.93. The maximum atomic E-state index is 3.61. The Morgan fingerprint density at radius 2 is 1.90 bits per heavy atom. The molecule has 0 spiro atoms. The molecule has 0 atom stereocenters. The zero-order chi connectivity index (χ0) is 14.3. The lowest BCUT2D eigenvalue weighted by Gasteiger charge is -2.38. The molecule has 0 aromatic carbocycles. The topological polar surface area (TPSA) is 12.0 Å². The smallest absolute Gasteiger partial charge is 0.00482 e. The van der Waals surface area contributed by atoms with Crippen molar-refractivity contribution < 1.29 is 0 Å². The van der Waals surface area contributed by atoms with Crippen molar-refractivity contribution in [2.24, 2.45) is 5.41 Å². The Morgan fingerprint density at radius 1 is 1.10 bits per heavy atom. The normalized spacial score (nSPS) is 18.3. The van der Waals surface area contributed by atoms with E-state index in [9.17, 15) is 0 Å². The summed E-state index contributed by atoms with van der Waals surface area (Å²) < 4.78 is 0. The van der Waals surface area contributed by atoms with Gasteiger partial charge in [0.1, 0.15) is 0 Å². The van der Waals surface area contributed by atoms with Gasteiger partial charge in [-0.05, 0) is 76.1 Å². The lowest BCUT2D eigenvalue weighted by molar-refractivity contribution is 0.157. The average Bonchev–Trinajstić information content (AvgIpc) is 2.89. The van der Waals surface area contributed by atoms with Crippen LogP contribution in [0.1, 0.15) is 68.0 Å². The van der Waals surface area contributed by atoms with Gasteiger partial charge in [0.25, 0.3) is 0 Å². The van der Waals surface area contributed by atoms with E-state index >= 15 is 0 Å². The van der Waals surface area contributed by atoms with E-state index < -0.39 is 0 Å². The lowest BCUT2D eigenvalue weighted by Crippen LogP contribution is -2.30. The van der Waals surface area contributed by atoms with Crippen LogP contribution in [0.3, 0.4) is 0 Å². The summed E-state index contributed by atoms with van der Waals surface area (Å²) in [6.45, 7) is 6.87. The van der Waals surface area contributed by atoms with Gasteiger partial charge in [0.2, 0.25) is 0 Å². The third kappa shape index (κ3) is 4.89. The van der Waals surface area contributed by atoms with Crippen LogP contribution in [0.5, 0.6) is 0 Å². The van der Waals surface area contributed by atoms with Gasteiger partial charge in [-0.3, -0.25) is 0 Å². The molecule has 0 amide bonds. The first-order valence-corrected chi connectivity index (χ1v) is 9.32. The molecule has 114 valence electrons. The summed E-state index contributed by atoms with van der Waals surface area (Å²) in [6, 6.07) is 4.61.